The highest BCUT2D eigenvalue weighted by atomic mass is 32.1. The van der Waals surface area contributed by atoms with E-state index in [1.165, 1.54) is 0 Å². The fourth-order valence-electron chi connectivity index (χ4n) is 2.75. The molecule has 2 heterocycles. The summed E-state index contributed by atoms with van der Waals surface area (Å²) in [6.45, 7) is 0. The van der Waals surface area contributed by atoms with E-state index in [9.17, 15) is 4.79 Å². The zero-order valence-electron chi connectivity index (χ0n) is 14.0. The first-order valence-corrected chi connectivity index (χ1v) is 8.85. The molecule has 0 unspecified atom stereocenters. The molecule has 5 nitrogen and oxygen atoms in total. The number of fused-ring (bicyclic) bond motifs is 1. The van der Waals surface area contributed by atoms with Gasteiger partial charge in [-0.2, -0.15) is 0 Å². The Bertz CT molecular complexity index is 1080. The number of ether oxygens (including phenoxy) is 1. The standard InChI is InChI=1S/C20H16N2O3S/c1-24-16-5-2-4-13-11-17(25-19(13)16)20(23)22-15-10-12(7-8-14(15)21)18-6-3-9-26-18/h2-11H,21H2,1H3,(H,22,23). The zero-order valence-corrected chi connectivity index (χ0v) is 14.8. The second-order valence-electron chi connectivity index (χ2n) is 5.72. The number of benzene rings is 2. The van der Waals surface area contributed by atoms with Gasteiger partial charge in [0, 0.05) is 10.3 Å². The molecule has 0 aliphatic carbocycles. The number of hydrogen-bond donors (Lipinski definition) is 2. The van der Waals surface area contributed by atoms with Crippen LogP contribution in [0.1, 0.15) is 10.6 Å². The van der Waals surface area contributed by atoms with Crippen molar-refractivity contribution in [1.29, 1.82) is 0 Å². The van der Waals surface area contributed by atoms with Crippen LogP contribution in [0.3, 0.4) is 0 Å². The lowest BCUT2D eigenvalue weighted by Gasteiger charge is -2.09. The van der Waals surface area contributed by atoms with E-state index in [0.29, 0.717) is 22.7 Å². The average Bonchev–Trinajstić information content (AvgIpc) is 3.32. The lowest BCUT2D eigenvalue weighted by molar-refractivity contribution is 0.0998. The average molecular weight is 364 g/mol. The summed E-state index contributed by atoms with van der Waals surface area (Å²) < 4.78 is 11.0. The number of para-hydroxylation sites is 1. The van der Waals surface area contributed by atoms with Gasteiger partial charge in [0.05, 0.1) is 18.5 Å². The predicted molar refractivity (Wildman–Crippen MR) is 105 cm³/mol. The van der Waals surface area contributed by atoms with E-state index in [2.05, 4.69) is 5.32 Å². The molecule has 4 rings (SSSR count). The number of anilines is 2. The van der Waals surface area contributed by atoms with Gasteiger partial charge in [0.15, 0.2) is 17.1 Å². The molecule has 0 saturated carbocycles. The van der Waals surface area contributed by atoms with Crippen LogP contribution in [0.4, 0.5) is 11.4 Å². The van der Waals surface area contributed by atoms with Crippen LogP contribution in [0.5, 0.6) is 5.75 Å². The van der Waals surface area contributed by atoms with Gasteiger partial charge < -0.3 is 20.2 Å². The summed E-state index contributed by atoms with van der Waals surface area (Å²) in [5.74, 6) is 0.421. The van der Waals surface area contributed by atoms with Crippen molar-refractivity contribution < 1.29 is 13.9 Å². The number of thiophene rings is 1. The van der Waals surface area contributed by atoms with Crippen molar-refractivity contribution in [3.05, 3.63) is 65.7 Å². The summed E-state index contributed by atoms with van der Waals surface area (Å²) in [5.41, 5.74) is 8.61. The largest absolute Gasteiger partial charge is 0.493 e. The molecule has 1 amide bonds. The highest BCUT2D eigenvalue weighted by molar-refractivity contribution is 7.13. The van der Waals surface area contributed by atoms with Crippen molar-refractivity contribution in [2.24, 2.45) is 0 Å². The molecule has 3 N–H and O–H groups in total. The van der Waals surface area contributed by atoms with Crippen LogP contribution < -0.4 is 15.8 Å². The zero-order chi connectivity index (χ0) is 18.1. The maximum Gasteiger partial charge on any atom is 0.291 e. The molecule has 4 aromatic rings. The number of furan rings is 1. The molecule has 0 radical (unpaired) electrons. The third-order valence-electron chi connectivity index (χ3n) is 4.06. The molecule has 0 fully saturated rings. The monoisotopic (exact) mass is 364 g/mol. The number of nitrogen functional groups attached to an aromatic ring is 1. The number of hydrogen-bond acceptors (Lipinski definition) is 5. The van der Waals surface area contributed by atoms with E-state index in [4.69, 9.17) is 14.9 Å². The number of rotatable bonds is 4. The van der Waals surface area contributed by atoms with E-state index >= 15 is 0 Å². The summed E-state index contributed by atoms with van der Waals surface area (Å²) in [7, 11) is 1.56. The molecule has 0 atom stereocenters. The number of methoxy groups -OCH3 is 1. The molecule has 0 bridgehead atoms. The maximum absolute atomic E-state index is 12.6. The Kier molecular flexibility index (Phi) is 4.10. The van der Waals surface area contributed by atoms with Gasteiger partial charge in [-0.05, 0) is 41.3 Å². The van der Waals surface area contributed by atoms with Crippen molar-refractivity contribution in [1.82, 2.24) is 0 Å². The number of carbonyl (C=O) groups excluding carboxylic acids is 1. The first-order valence-electron chi connectivity index (χ1n) is 7.97. The topological polar surface area (TPSA) is 77.5 Å². The van der Waals surface area contributed by atoms with E-state index in [1.807, 2.05) is 41.8 Å². The Morgan fingerprint density at radius 1 is 1.15 bits per heavy atom. The highest BCUT2D eigenvalue weighted by Gasteiger charge is 2.16. The Hall–Kier alpha value is -3.25. The van der Waals surface area contributed by atoms with Gasteiger partial charge in [-0.3, -0.25) is 4.79 Å². The molecule has 0 aliphatic rings. The quantitative estimate of drug-likeness (QED) is 0.499. The Morgan fingerprint density at radius 3 is 2.81 bits per heavy atom. The van der Waals surface area contributed by atoms with Gasteiger partial charge in [-0.15, -0.1) is 11.3 Å². The summed E-state index contributed by atoms with van der Waals surface area (Å²) >= 11 is 1.63. The second kappa shape index (κ2) is 6.57. The van der Waals surface area contributed by atoms with E-state index in [1.54, 1.807) is 36.6 Å². The number of amides is 1. The molecule has 2 aromatic carbocycles. The van der Waals surface area contributed by atoms with Crippen molar-refractivity contribution in [3.8, 4) is 16.2 Å². The Morgan fingerprint density at radius 2 is 2.04 bits per heavy atom. The van der Waals surface area contributed by atoms with Gasteiger partial charge in [-0.25, -0.2) is 0 Å². The minimum atomic E-state index is -0.363. The molecular weight excluding hydrogens is 348 g/mol. The first-order chi connectivity index (χ1) is 12.7. The molecule has 26 heavy (non-hydrogen) atoms. The fraction of sp³-hybridized carbons (Fsp3) is 0.0500. The van der Waals surface area contributed by atoms with Crippen LogP contribution in [-0.4, -0.2) is 13.0 Å². The van der Waals surface area contributed by atoms with E-state index in [0.717, 1.165) is 15.8 Å². The smallest absolute Gasteiger partial charge is 0.291 e. The van der Waals surface area contributed by atoms with Crippen LogP contribution in [-0.2, 0) is 0 Å². The molecular formula is C20H16N2O3S. The van der Waals surface area contributed by atoms with Crippen molar-refractivity contribution in [3.63, 3.8) is 0 Å². The minimum absolute atomic E-state index is 0.199. The normalized spacial score (nSPS) is 10.8. The van der Waals surface area contributed by atoms with Gasteiger partial charge in [0.25, 0.3) is 5.91 Å². The third kappa shape index (κ3) is 2.91. The SMILES string of the molecule is COc1cccc2cc(C(=O)Nc3cc(-c4cccs4)ccc3N)oc12. The van der Waals surface area contributed by atoms with Crippen LogP contribution in [0, 0.1) is 0 Å². The van der Waals surface area contributed by atoms with Gasteiger partial charge in [0.2, 0.25) is 0 Å². The lowest BCUT2D eigenvalue weighted by Crippen LogP contribution is -2.12. The molecule has 2 aromatic heterocycles. The maximum atomic E-state index is 12.6. The first kappa shape index (κ1) is 16.2. The van der Waals surface area contributed by atoms with E-state index < -0.39 is 0 Å². The number of nitrogens with two attached hydrogens (primary N) is 1. The molecule has 0 spiro atoms. The Labute approximate surface area is 154 Å². The fourth-order valence-corrected chi connectivity index (χ4v) is 3.48. The highest BCUT2D eigenvalue weighted by Crippen LogP contribution is 2.32. The van der Waals surface area contributed by atoms with Gasteiger partial charge >= 0.3 is 0 Å². The predicted octanol–water partition coefficient (Wildman–Crippen LogP) is 5.00. The number of carbonyl (C=O) groups is 1. The minimum Gasteiger partial charge on any atom is -0.493 e. The molecule has 0 aliphatic heterocycles. The second-order valence-corrected chi connectivity index (χ2v) is 6.67. The Balaban J connectivity index is 1.65. The van der Waals surface area contributed by atoms with Gasteiger partial charge in [-0.1, -0.05) is 24.3 Å². The summed E-state index contributed by atoms with van der Waals surface area (Å²) in [6.07, 6.45) is 0. The summed E-state index contributed by atoms with van der Waals surface area (Å²) in [4.78, 5) is 13.7. The van der Waals surface area contributed by atoms with E-state index in [-0.39, 0.29) is 11.7 Å². The molecule has 130 valence electrons. The van der Waals surface area contributed by atoms with Crippen LogP contribution in [0.15, 0.2) is 64.4 Å². The van der Waals surface area contributed by atoms with Crippen LogP contribution in [0.25, 0.3) is 21.4 Å². The van der Waals surface area contributed by atoms with Crippen molar-refractivity contribution in [2.75, 3.05) is 18.2 Å². The molecule has 6 heteroatoms. The van der Waals surface area contributed by atoms with Crippen LogP contribution >= 0.6 is 11.3 Å². The third-order valence-corrected chi connectivity index (χ3v) is 4.98. The number of nitrogens with one attached hydrogen (secondary N) is 1. The van der Waals surface area contributed by atoms with Gasteiger partial charge in [0.1, 0.15) is 0 Å². The summed E-state index contributed by atoms with van der Waals surface area (Å²) in [5, 5.41) is 5.64. The molecule has 0 saturated heterocycles. The van der Waals surface area contributed by atoms with Crippen LogP contribution in [0.2, 0.25) is 0 Å². The van der Waals surface area contributed by atoms with Crippen molar-refractivity contribution in [2.45, 2.75) is 0 Å². The lowest BCUT2D eigenvalue weighted by atomic mass is 10.1. The summed E-state index contributed by atoms with van der Waals surface area (Å²) in [6, 6.07) is 16.8. The van der Waals surface area contributed by atoms with Crippen molar-refractivity contribution >= 4 is 39.6 Å².